The van der Waals surface area contributed by atoms with Crippen LogP contribution >= 0.6 is 0 Å². The summed E-state index contributed by atoms with van der Waals surface area (Å²) in [5, 5.41) is 11.5. The van der Waals surface area contributed by atoms with Gasteiger partial charge in [0.1, 0.15) is 12.7 Å². The molecule has 1 aliphatic carbocycles. The van der Waals surface area contributed by atoms with Crippen molar-refractivity contribution in [3.63, 3.8) is 0 Å². The predicted octanol–water partition coefficient (Wildman–Crippen LogP) is 4.98. The molecule has 5 heteroatoms. The lowest BCUT2D eigenvalue weighted by atomic mass is 9.98. The zero-order valence-electron chi connectivity index (χ0n) is 16.7. The summed E-state index contributed by atoms with van der Waals surface area (Å²) in [4.78, 5) is 12.1. The summed E-state index contributed by atoms with van der Waals surface area (Å²) < 4.78 is 19.4. The molecule has 0 heterocycles. The molecule has 152 valence electrons. The number of carbonyl (C=O) groups is 1. The molecule has 0 radical (unpaired) electrons. The number of benzene rings is 3. The normalized spacial score (nSPS) is 11.5. The van der Waals surface area contributed by atoms with Gasteiger partial charge in [-0.25, -0.2) is 9.18 Å². The molecule has 0 aromatic heterocycles. The molecule has 1 aliphatic rings. The van der Waals surface area contributed by atoms with Gasteiger partial charge in [-0.1, -0.05) is 66.4 Å². The molecule has 0 saturated carbocycles. The predicted molar refractivity (Wildman–Crippen MR) is 116 cm³/mol. The van der Waals surface area contributed by atoms with Crippen molar-refractivity contribution in [2.24, 2.45) is 0 Å². The average molecular weight is 410 g/mol. The van der Waals surface area contributed by atoms with Crippen molar-refractivity contribution >= 4 is 6.09 Å². The van der Waals surface area contributed by atoms with Crippen LogP contribution in [0.1, 0.15) is 34.6 Å². The summed E-state index contributed by atoms with van der Waals surface area (Å²) >= 11 is 0. The van der Waals surface area contributed by atoms with Crippen molar-refractivity contribution in [3.8, 4) is 29.0 Å². The number of hydrogen-bond acceptors (Lipinski definition) is 3. The molecule has 3 aromatic rings. The van der Waals surface area contributed by atoms with Crippen LogP contribution in [-0.2, 0) is 4.74 Å². The first-order valence-corrected chi connectivity index (χ1v) is 9.95. The molecule has 0 unspecified atom stereocenters. The van der Waals surface area contributed by atoms with Gasteiger partial charge in [0.15, 0.2) is 5.82 Å². The van der Waals surface area contributed by atoms with Crippen LogP contribution in [0.2, 0.25) is 0 Å². The molecule has 4 nitrogen and oxygen atoms in total. The highest BCUT2D eigenvalue weighted by Gasteiger charge is 2.28. The fourth-order valence-electron chi connectivity index (χ4n) is 3.75. The number of fused-ring (bicyclic) bond motifs is 3. The molecule has 4 rings (SSSR count). The van der Waals surface area contributed by atoms with Gasteiger partial charge >= 0.3 is 6.09 Å². The number of alkyl carbamates (subject to hydrolysis) is 1. The van der Waals surface area contributed by atoms with E-state index in [9.17, 15) is 9.18 Å². The van der Waals surface area contributed by atoms with E-state index < -0.39 is 11.9 Å². The second kappa shape index (κ2) is 9.15. The quantitative estimate of drug-likeness (QED) is 0.488. The molecule has 0 atom stereocenters. The van der Waals surface area contributed by atoms with Gasteiger partial charge < -0.3 is 10.1 Å². The van der Waals surface area contributed by atoms with Gasteiger partial charge in [-0.2, -0.15) is 5.26 Å². The maximum atomic E-state index is 14.0. The minimum atomic E-state index is -0.623. The van der Waals surface area contributed by atoms with E-state index in [2.05, 4.69) is 41.4 Å². The third-order valence-electron chi connectivity index (χ3n) is 5.21. The smallest absolute Gasteiger partial charge is 0.407 e. The minimum Gasteiger partial charge on any atom is -0.449 e. The van der Waals surface area contributed by atoms with E-state index in [1.54, 1.807) is 12.1 Å². The number of rotatable bonds is 4. The Bertz CT molecular complexity index is 1190. The molecule has 1 amide bonds. The van der Waals surface area contributed by atoms with Gasteiger partial charge in [0.2, 0.25) is 0 Å². The Morgan fingerprint density at radius 2 is 1.61 bits per heavy atom. The van der Waals surface area contributed by atoms with Crippen molar-refractivity contribution in [3.05, 3.63) is 94.8 Å². The van der Waals surface area contributed by atoms with E-state index in [-0.39, 0.29) is 30.2 Å². The average Bonchev–Trinajstić information content (AvgIpc) is 3.12. The Kier molecular flexibility index (Phi) is 5.96. The van der Waals surface area contributed by atoms with Crippen LogP contribution in [0.5, 0.6) is 0 Å². The van der Waals surface area contributed by atoms with E-state index in [4.69, 9.17) is 10.00 Å². The SMILES string of the molecule is N#Cc1cccc(C#CCCNC(=O)OCC2c3ccccc3-c3ccccc32)c1F. The van der Waals surface area contributed by atoms with Crippen molar-refractivity contribution in [2.75, 3.05) is 13.2 Å². The third-order valence-corrected chi connectivity index (χ3v) is 5.21. The number of halogens is 1. The highest BCUT2D eigenvalue weighted by atomic mass is 19.1. The first-order valence-electron chi connectivity index (χ1n) is 9.95. The summed E-state index contributed by atoms with van der Waals surface area (Å²) in [5.74, 6) is 4.88. The van der Waals surface area contributed by atoms with Crippen LogP contribution in [0.3, 0.4) is 0 Å². The fourth-order valence-corrected chi connectivity index (χ4v) is 3.75. The standard InChI is InChI=1S/C26H19FN2O2/c27-25-18(9-7-10-19(25)16-28)8-5-6-15-29-26(30)31-17-24-22-13-3-1-11-20(22)21-12-2-4-14-23(21)24/h1-4,7,9-14,24H,6,15,17H2,(H,29,30). The Morgan fingerprint density at radius 3 is 2.29 bits per heavy atom. The van der Waals surface area contributed by atoms with Gasteiger partial charge in [0, 0.05) is 18.9 Å². The summed E-state index contributed by atoms with van der Waals surface area (Å²) in [5.41, 5.74) is 4.79. The molecule has 0 bridgehead atoms. The largest absolute Gasteiger partial charge is 0.449 e. The third kappa shape index (κ3) is 4.27. The maximum Gasteiger partial charge on any atom is 0.407 e. The van der Waals surface area contributed by atoms with Gasteiger partial charge in [-0.15, -0.1) is 0 Å². The Labute approximate surface area is 180 Å². The minimum absolute atomic E-state index is 0.00771. The molecule has 0 fully saturated rings. The number of hydrogen-bond donors (Lipinski definition) is 1. The topological polar surface area (TPSA) is 62.1 Å². The van der Waals surface area contributed by atoms with Crippen molar-refractivity contribution in [2.45, 2.75) is 12.3 Å². The summed E-state index contributed by atoms with van der Waals surface area (Å²) in [6.07, 6.45) is -0.179. The van der Waals surface area contributed by atoms with E-state index in [0.29, 0.717) is 6.42 Å². The second-order valence-electron chi connectivity index (χ2n) is 7.08. The molecule has 0 aliphatic heterocycles. The van der Waals surface area contributed by atoms with Crippen LogP contribution in [0.15, 0.2) is 66.7 Å². The molecule has 31 heavy (non-hydrogen) atoms. The highest BCUT2D eigenvalue weighted by molar-refractivity contribution is 5.79. The van der Waals surface area contributed by atoms with Crippen LogP contribution in [0, 0.1) is 29.0 Å². The van der Waals surface area contributed by atoms with E-state index >= 15 is 0 Å². The lowest BCUT2D eigenvalue weighted by Gasteiger charge is -2.14. The van der Waals surface area contributed by atoms with Gasteiger partial charge in [-0.3, -0.25) is 0 Å². The van der Waals surface area contributed by atoms with Crippen molar-refractivity contribution < 1.29 is 13.9 Å². The summed E-state index contributed by atoms with van der Waals surface area (Å²) in [6.45, 7) is 0.529. The van der Waals surface area contributed by atoms with Crippen LogP contribution in [0.25, 0.3) is 11.1 Å². The summed E-state index contributed by atoms with van der Waals surface area (Å²) in [6, 6.07) is 22.6. The fraction of sp³-hybridized carbons (Fsp3) is 0.154. The molecule has 0 spiro atoms. The zero-order valence-corrected chi connectivity index (χ0v) is 16.7. The van der Waals surface area contributed by atoms with E-state index in [1.165, 1.54) is 23.3 Å². The monoisotopic (exact) mass is 410 g/mol. The molecular formula is C26H19FN2O2. The first kappa shape index (κ1) is 20.2. The Morgan fingerprint density at radius 1 is 0.968 bits per heavy atom. The van der Waals surface area contributed by atoms with Crippen LogP contribution < -0.4 is 5.32 Å². The van der Waals surface area contributed by atoms with Gasteiger partial charge in [-0.05, 0) is 34.4 Å². The number of nitrogens with zero attached hydrogens (tertiary/aromatic N) is 1. The second-order valence-corrected chi connectivity index (χ2v) is 7.08. The lowest BCUT2D eigenvalue weighted by molar-refractivity contribution is 0.143. The summed E-state index contributed by atoms with van der Waals surface area (Å²) in [7, 11) is 0. The number of amides is 1. The number of ether oxygens (including phenoxy) is 1. The van der Waals surface area contributed by atoms with Gasteiger partial charge in [0.05, 0.1) is 11.1 Å². The lowest BCUT2D eigenvalue weighted by Crippen LogP contribution is -2.26. The Hall–Kier alpha value is -4.09. The van der Waals surface area contributed by atoms with Crippen LogP contribution in [-0.4, -0.2) is 19.2 Å². The van der Waals surface area contributed by atoms with Gasteiger partial charge in [0.25, 0.3) is 0 Å². The molecule has 3 aromatic carbocycles. The molecule has 0 saturated heterocycles. The van der Waals surface area contributed by atoms with Crippen molar-refractivity contribution in [1.82, 2.24) is 5.32 Å². The Balaban J connectivity index is 1.30. The van der Waals surface area contributed by atoms with E-state index in [0.717, 1.165) is 11.1 Å². The number of nitriles is 1. The number of nitrogens with one attached hydrogen (secondary N) is 1. The molecular weight excluding hydrogens is 391 g/mol. The molecule has 1 N–H and O–H groups in total. The highest BCUT2D eigenvalue weighted by Crippen LogP contribution is 2.44. The maximum absolute atomic E-state index is 14.0. The van der Waals surface area contributed by atoms with Crippen LogP contribution in [0.4, 0.5) is 9.18 Å². The zero-order chi connectivity index (χ0) is 21.6. The van der Waals surface area contributed by atoms with E-state index in [1.807, 2.05) is 24.3 Å². The van der Waals surface area contributed by atoms with Crippen molar-refractivity contribution in [1.29, 1.82) is 5.26 Å². The first-order chi connectivity index (χ1) is 15.2. The number of carbonyl (C=O) groups excluding carboxylic acids is 1.